The Balaban J connectivity index is 1.34. The van der Waals surface area contributed by atoms with Crippen molar-refractivity contribution >= 4 is 11.6 Å². The van der Waals surface area contributed by atoms with Crippen LogP contribution in [0, 0.1) is 19.8 Å². The van der Waals surface area contributed by atoms with Gasteiger partial charge in [-0.1, -0.05) is 5.16 Å². The first kappa shape index (κ1) is 18.6. The summed E-state index contributed by atoms with van der Waals surface area (Å²) < 4.78 is 17.2. The van der Waals surface area contributed by atoms with E-state index in [0.717, 1.165) is 73.0 Å². The molecular weight excluding hydrogens is 370 g/mol. The van der Waals surface area contributed by atoms with Gasteiger partial charge in [-0.2, -0.15) is 0 Å². The summed E-state index contributed by atoms with van der Waals surface area (Å²) in [6, 6.07) is 6.34. The standard InChI is InChI=1S/C22H27N3O4/c1-13-21(14(2)29-24-13)19-9-16(23-22(26)15-3-4-15)5-6-20(19)27-8-7-25-11-18-10-17(25)12-28-18/h5-6,9,15,17-18H,3-4,7-8,10-12H2,1-2H3,(H,23,26)/t17-,18-/m0/s1. The molecule has 3 aliphatic rings. The number of carbonyl (C=O) groups is 1. The maximum atomic E-state index is 12.2. The lowest BCUT2D eigenvalue weighted by atomic mass is 10.0. The van der Waals surface area contributed by atoms with Crippen molar-refractivity contribution in [3.05, 3.63) is 29.7 Å². The molecule has 3 fully saturated rings. The van der Waals surface area contributed by atoms with Crippen molar-refractivity contribution in [3.63, 3.8) is 0 Å². The molecular formula is C22H27N3O4. The Bertz CT molecular complexity index is 901. The molecule has 0 spiro atoms. The van der Waals surface area contributed by atoms with Crippen molar-refractivity contribution in [2.75, 3.05) is 31.6 Å². The lowest BCUT2D eigenvalue weighted by Gasteiger charge is -2.26. The molecule has 2 bridgehead atoms. The molecule has 7 heteroatoms. The average Bonchev–Trinajstić information content (AvgIpc) is 3.23. The van der Waals surface area contributed by atoms with Crippen LogP contribution in [0.3, 0.4) is 0 Å². The molecule has 154 valence electrons. The number of nitrogens with one attached hydrogen (secondary N) is 1. The van der Waals surface area contributed by atoms with Gasteiger partial charge in [-0.15, -0.1) is 0 Å². The Morgan fingerprint density at radius 3 is 2.86 bits per heavy atom. The van der Waals surface area contributed by atoms with E-state index in [9.17, 15) is 4.79 Å². The van der Waals surface area contributed by atoms with Gasteiger partial charge in [0.1, 0.15) is 18.1 Å². The molecule has 3 heterocycles. The number of amides is 1. The molecule has 2 aliphatic heterocycles. The first-order chi connectivity index (χ1) is 14.1. The van der Waals surface area contributed by atoms with Crippen LogP contribution in [0.4, 0.5) is 5.69 Å². The van der Waals surface area contributed by atoms with Crippen LogP contribution in [0.2, 0.25) is 0 Å². The minimum Gasteiger partial charge on any atom is -0.492 e. The van der Waals surface area contributed by atoms with Gasteiger partial charge in [-0.3, -0.25) is 9.69 Å². The average molecular weight is 397 g/mol. The van der Waals surface area contributed by atoms with Crippen molar-refractivity contribution in [1.82, 2.24) is 10.1 Å². The number of fused-ring (bicyclic) bond motifs is 2. The van der Waals surface area contributed by atoms with Gasteiger partial charge in [0.15, 0.2) is 0 Å². The number of likely N-dealkylation sites (tertiary alicyclic amines) is 1. The summed E-state index contributed by atoms with van der Waals surface area (Å²) >= 11 is 0. The lowest BCUT2D eigenvalue weighted by Crippen LogP contribution is -2.39. The fourth-order valence-corrected chi connectivity index (χ4v) is 4.41. The minimum atomic E-state index is 0.0923. The zero-order valence-electron chi connectivity index (χ0n) is 16.9. The summed E-state index contributed by atoms with van der Waals surface area (Å²) in [5, 5.41) is 7.12. The van der Waals surface area contributed by atoms with Gasteiger partial charge < -0.3 is 19.3 Å². The zero-order chi connectivity index (χ0) is 20.0. The number of hydrogen-bond acceptors (Lipinski definition) is 6. The van der Waals surface area contributed by atoms with Crippen LogP contribution >= 0.6 is 0 Å². The van der Waals surface area contributed by atoms with Crippen LogP contribution < -0.4 is 10.1 Å². The van der Waals surface area contributed by atoms with Gasteiger partial charge in [0, 0.05) is 36.3 Å². The van der Waals surface area contributed by atoms with Crippen LogP contribution in [0.15, 0.2) is 22.7 Å². The number of hydrogen-bond donors (Lipinski definition) is 1. The van der Waals surface area contributed by atoms with E-state index in [1.54, 1.807) is 0 Å². The summed E-state index contributed by atoms with van der Waals surface area (Å²) in [4.78, 5) is 14.6. The predicted octanol–water partition coefficient (Wildman–Crippen LogP) is 3.16. The van der Waals surface area contributed by atoms with E-state index in [4.69, 9.17) is 14.0 Å². The molecule has 1 saturated carbocycles. The molecule has 1 aromatic carbocycles. The van der Waals surface area contributed by atoms with Gasteiger partial charge >= 0.3 is 0 Å². The second kappa shape index (κ2) is 7.46. The topological polar surface area (TPSA) is 76.8 Å². The summed E-state index contributed by atoms with van der Waals surface area (Å²) in [5.74, 6) is 1.78. The van der Waals surface area contributed by atoms with E-state index in [1.165, 1.54) is 0 Å². The smallest absolute Gasteiger partial charge is 0.227 e. The first-order valence-corrected chi connectivity index (χ1v) is 10.4. The highest BCUT2D eigenvalue weighted by molar-refractivity contribution is 5.95. The fourth-order valence-electron chi connectivity index (χ4n) is 4.41. The number of aromatic nitrogens is 1. The van der Waals surface area contributed by atoms with E-state index in [1.807, 2.05) is 32.0 Å². The number of ether oxygens (including phenoxy) is 2. The van der Waals surface area contributed by atoms with E-state index >= 15 is 0 Å². The Kier molecular flexibility index (Phi) is 4.80. The molecule has 5 rings (SSSR count). The lowest BCUT2D eigenvalue weighted by molar-refractivity contribution is -0.117. The van der Waals surface area contributed by atoms with Crippen molar-refractivity contribution in [2.45, 2.75) is 45.3 Å². The van der Waals surface area contributed by atoms with Gasteiger partial charge in [-0.05, 0) is 51.3 Å². The Labute approximate surface area is 170 Å². The summed E-state index contributed by atoms with van der Waals surface area (Å²) in [6.07, 6.45) is 3.49. The predicted molar refractivity (Wildman–Crippen MR) is 108 cm³/mol. The molecule has 29 heavy (non-hydrogen) atoms. The highest BCUT2D eigenvalue weighted by Gasteiger charge is 2.38. The van der Waals surface area contributed by atoms with E-state index in [2.05, 4.69) is 15.4 Å². The number of rotatable bonds is 7. The third kappa shape index (κ3) is 3.76. The van der Waals surface area contributed by atoms with E-state index in [-0.39, 0.29) is 11.8 Å². The molecule has 2 aromatic rings. The molecule has 2 saturated heterocycles. The highest BCUT2D eigenvalue weighted by atomic mass is 16.5. The monoisotopic (exact) mass is 397 g/mol. The molecule has 0 unspecified atom stereocenters. The fraction of sp³-hybridized carbons (Fsp3) is 0.545. The molecule has 7 nitrogen and oxygen atoms in total. The number of morpholine rings is 1. The van der Waals surface area contributed by atoms with Gasteiger partial charge in [0.2, 0.25) is 5.91 Å². The van der Waals surface area contributed by atoms with Crippen LogP contribution in [-0.4, -0.2) is 54.4 Å². The quantitative estimate of drug-likeness (QED) is 0.773. The summed E-state index contributed by atoms with van der Waals surface area (Å²) in [5.41, 5.74) is 3.42. The van der Waals surface area contributed by atoms with Crippen molar-refractivity contribution in [2.24, 2.45) is 5.92 Å². The van der Waals surface area contributed by atoms with Crippen LogP contribution in [0.1, 0.15) is 30.7 Å². The van der Waals surface area contributed by atoms with Crippen molar-refractivity contribution in [3.8, 4) is 16.9 Å². The second-order valence-electron chi connectivity index (χ2n) is 8.36. The molecule has 2 atom stereocenters. The largest absolute Gasteiger partial charge is 0.492 e. The number of benzene rings is 1. The summed E-state index contributed by atoms with van der Waals surface area (Å²) in [7, 11) is 0. The number of anilines is 1. The van der Waals surface area contributed by atoms with Crippen molar-refractivity contribution in [1.29, 1.82) is 0 Å². The molecule has 1 amide bonds. The van der Waals surface area contributed by atoms with E-state index < -0.39 is 0 Å². The highest BCUT2D eigenvalue weighted by Crippen LogP contribution is 2.38. The molecule has 0 radical (unpaired) electrons. The van der Waals surface area contributed by atoms with Crippen molar-refractivity contribution < 1.29 is 18.8 Å². The Hall–Kier alpha value is -2.38. The number of nitrogens with zero attached hydrogens (tertiary/aromatic N) is 2. The van der Waals surface area contributed by atoms with Crippen LogP contribution in [0.5, 0.6) is 5.75 Å². The third-order valence-corrected chi connectivity index (χ3v) is 6.15. The minimum absolute atomic E-state index is 0.0923. The van der Waals surface area contributed by atoms with Crippen LogP contribution in [-0.2, 0) is 9.53 Å². The molecule has 1 N–H and O–H groups in total. The SMILES string of the molecule is Cc1noc(C)c1-c1cc(NC(=O)C2CC2)ccc1OCCN1C[C@@H]2C[C@H]1CO2. The normalized spacial score (nSPS) is 23.5. The Morgan fingerprint density at radius 2 is 2.21 bits per heavy atom. The summed E-state index contributed by atoms with van der Waals surface area (Å²) in [6.45, 7) is 7.14. The zero-order valence-corrected chi connectivity index (χ0v) is 16.9. The maximum Gasteiger partial charge on any atom is 0.227 e. The number of carbonyl (C=O) groups excluding carboxylic acids is 1. The third-order valence-electron chi connectivity index (χ3n) is 6.15. The number of aryl methyl sites for hydroxylation is 2. The van der Waals surface area contributed by atoms with Gasteiger partial charge in [0.25, 0.3) is 0 Å². The molecule has 1 aromatic heterocycles. The maximum absolute atomic E-state index is 12.2. The van der Waals surface area contributed by atoms with Gasteiger partial charge in [-0.25, -0.2) is 0 Å². The molecule has 1 aliphatic carbocycles. The Morgan fingerprint density at radius 1 is 1.34 bits per heavy atom. The first-order valence-electron chi connectivity index (χ1n) is 10.4. The van der Waals surface area contributed by atoms with Crippen LogP contribution in [0.25, 0.3) is 11.1 Å². The second-order valence-corrected chi connectivity index (χ2v) is 8.36. The van der Waals surface area contributed by atoms with E-state index in [0.29, 0.717) is 18.8 Å². The van der Waals surface area contributed by atoms with Gasteiger partial charge in [0.05, 0.1) is 24.0 Å².